The lowest BCUT2D eigenvalue weighted by atomic mass is 9.74. The third-order valence-corrected chi connectivity index (χ3v) is 9.22. The Morgan fingerprint density at radius 2 is 1.90 bits per heavy atom. The molecule has 8 nitrogen and oxygen atoms in total. The van der Waals surface area contributed by atoms with Crippen molar-refractivity contribution < 1.29 is 23.9 Å². The molecule has 0 radical (unpaired) electrons. The van der Waals surface area contributed by atoms with Crippen molar-refractivity contribution in [3.8, 4) is 5.75 Å². The molecule has 7 unspecified atom stereocenters. The van der Waals surface area contributed by atoms with Crippen LogP contribution in [0.2, 0.25) is 5.02 Å². The van der Waals surface area contributed by atoms with Gasteiger partial charge in [0.25, 0.3) is 0 Å². The van der Waals surface area contributed by atoms with Crippen molar-refractivity contribution in [2.45, 2.75) is 62.9 Å². The number of nitrogens with one attached hydrogen (secondary N) is 2. The normalized spacial score (nSPS) is 32.2. The van der Waals surface area contributed by atoms with Crippen LogP contribution in [0.1, 0.15) is 38.2 Å². The van der Waals surface area contributed by atoms with E-state index in [0.29, 0.717) is 22.4 Å². The molecule has 0 aromatic heterocycles. The van der Waals surface area contributed by atoms with E-state index in [-0.39, 0.29) is 30.3 Å². The zero-order chi connectivity index (χ0) is 28.0. The molecule has 2 saturated heterocycles. The fourth-order valence-corrected chi connectivity index (χ4v) is 7.07. The number of anilines is 1. The van der Waals surface area contributed by atoms with Crippen molar-refractivity contribution in [3.05, 3.63) is 71.3 Å². The van der Waals surface area contributed by atoms with Crippen molar-refractivity contribution in [2.75, 3.05) is 12.4 Å². The smallest absolute Gasteiger partial charge is 0.246 e. The molecule has 2 aromatic rings. The number of amides is 3. The predicted molar refractivity (Wildman–Crippen MR) is 151 cm³/mol. The summed E-state index contributed by atoms with van der Waals surface area (Å²) >= 11 is 6.10. The summed E-state index contributed by atoms with van der Waals surface area (Å²) in [5.41, 5.74) is 0.190. The third-order valence-electron chi connectivity index (χ3n) is 8.97. The first-order valence-electron chi connectivity index (χ1n) is 14.0. The number of carbonyl (C=O) groups is 3. The molecule has 2 N–H and O–H groups in total. The first-order valence-corrected chi connectivity index (χ1v) is 14.4. The number of hydrogen-bond donors (Lipinski definition) is 2. The number of rotatable bonds is 7. The number of nitrogens with zero attached hydrogens (tertiary/aromatic N) is 1. The number of fused-ring (bicyclic) bond motifs is 1. The average molecular weight is 564 g/mol. The summed E-state index contributed by atoms with van der Waals surface area (Å²) in [5.74, 6) is -1.45. The number of likely N-dealkylation sites (tertiary alicyclic amines) is 1. The number of halogens is 1. The summed E-state index contributed by atoms with van der Waals surface area (Å²) in [4.78, 5) is 43.5. The Labute approximate surface area is 239 Å². The van der Waals surface area contributed by atoms with Gasteiger partial charge in [0.05, 0.1) is 25.0 Å². The van der Waals surface area contributed by atoms with Gasteiger partial charge in [-0.25, -0.2) is 0 Å². The van der Waals surface area contributed by atoms with E-state index in [1.807, 2.05) is 24.3 Å². The van der Waals surface area contributed by atoms with Gasteiger partial charge in [-0.3, -0.25) is 14.4 Å². The number of methoxy groups -OCH3 is 1. The minimum Gasteiger partial charge on any atom is -0.497 e. The van der Waals surface area contributed by atoms with E-state index < -0.39 is 29.6 Å². The zero-order valence-electron chi connectivity index (χ0n) is 22.6. The Kier molecular flexibility index (Phi) is 7.09. The molecule has 4 aliphatic rings. The molecule has 7 atom stereocenters. The summed E-state index contributed by atoms with van der Waals surface area (Å²) in [6.07, 6.45) is 7.25. The highest BCUT2D eigenvalue weighted by Crippen LogP contribution is 2.55. The minimum atomic E-state index is -1.22. The summed E-state index contributed by atoms with van der Waals surface area (Å²) < 4.78 is 11.8. The van der Waals surface area contributed by atoms with Crippen molar-refractivity contribution in [2.24, 2.45) is 17.8 Å². The quantitative estimate of drug-likeness (QED) is 0.489. The molecule has 1 aliphatic carbocycles. The van der Waals surface area contributed by atoms with Crippen molar-refractivity contribution in [1.82, 2.24) is 10.2 Å². The van der Waals surface area contributed by atoms with Crippen molar-refractivity contribution in [1.29, 1.82) is 0 Å². The monoisotopic (exact) mass is 563 g/mol. The maximum Gasteiger partial charge on any atom is 0.246 e. The maximum atomic E-state index is 14.2. The van der Waals surface area contributed by atoms with Gasteiger partial charge in [0.2, 0.25) is 17.7 Å². The molecule has 2 bridgehead atoms. The molecule has 1 spiro atoms. The molecule has 3 heterocycles. The van der Waals surface area contributed by atoms with Crippen LogP contribution in [0.15, 0.2) is 60.7 Å². The van der Waals surface area contributed by atoms with Gasteiger partial charge in [0.1, 0.15) is 17.4 Å². The SMILES string of the molecule is COc1cccc(NC(=O)C2C3C=CC4(O3)C2C(=O)N(Cc2ccc(Cl)cc2)C4C(=O)NC2CCCCC2C)c1. The summed E-state index contributed by atoms with van der Waals surface area (Å²) in [5, 5.41) is 6.79. The molecule has 40 heavy (non-hydrogen) atoms. The minimum absolute atomic E-state index is 0.0407. The van der Waals surface area contributed by atoms with E-state index in [2.05, 4.69) is 17.6 Å². The second-order valence-corrected chi connectivity index (χ2v) is 11.8. The highest BCUT2D eigenvalue weighted by Gasteiger charge is 2.72. The Morgan fingerprint density at radius 3 is 2.65 bits per heavy atom. The van der Waals surface area contributed by atoms with Gasteiger partial charge in [-0.2, -0.15) is 0 Å². The number of benzene rings is 2. The van der Waals surface area contributed by atoms with Crippen molar-refractivity contribution >= 4 is 35.0 Å². The summed E-state index contributed by atoms with van der Waals surface area (Å²) in [6, 6.07) is 13.4. The van der Waals surface area contributed by atoms with Gasteiger partial charge in [0, 0.05) is 29.4 Å². The van der Waals surface area contributed by atoms with Crippen LogP contribution in [-0.2, 0) is 25.7 Å². The molecular weight excluding hydrogens is 530 g/mol. The van der Waals surface area contributed by atoms with Gasteiger partial charge in [0.15, 0.2) is 0 Å². The predicted octanol–water partition coefficient (Wildman–Crippen LogP) is 4.33. The van der Waals surface area contributed by atoms with Gasteiger partial charge in [-0.05, 0) is 48.6 Å². The zero-order valence-corrected chi connectivity index (χ0v) is 23.4. The van der Waals surface area contributed by atoms with Gasteiger partial charge < -0.3 is 25.0 Å². The van der Waals surface area contributed by atoms with E-state index in [1.165, 1.54) is 0 Å². The number of ether oxygens (including phenoxy) is 2. The van der Waals surface area contributed by atoms with Crippen LogP contribution in [0.3, 0.4) is 0 Å². The Morgan fingerprint density at radius 1 is 1.12 bits per heavy atom. The highest BCUT2D eigenvalue weighted by atomic mass is 35.5. The molecule has 2 aromatic carbocycles. The van der Waals surface area contributed by atoms with Crippen LogP contribution >= 0.6 is 11.6 Å². The molecular formula is C31H34ClN3O5. The Hall–Kier alpha value is -3.36. The Bertz CT molecular complexity index is 1350. The van der Waals surface area contributed by atoms with Crippen LogP contribution in [0.25, 0.3) is 0 Å². The molecule has 9 heteroatoms. The van der Waals surface area contributed by atoms with E-state index in [1.54, 1.807) is 48.4 Å². The standard InChI is InChI=1S/C31H34ClN3O5/c1-18-6-3-4-9-23(18)34-29(37)27-31-15-14-24(40-31)25(28(36)33-21-7-5-8-22(16-21)39-2)26(31)30(38)35(27)17-19-10-12-20(32)13-11-19/h5,7-8,10-16,18,23-27H,3-4,6,9,17H2,1-2H3,(H,33,36)(H,34,37). The summed E-state index contributed by atoms with van der Waals surface area (Å²) in [7, 11) is 1.56. The molecule has 3 fully saturated rings. The second kappa shape index (κ2) is 10.6. The molecule has 3 aliphatic heterocycles. The van der Waals surface area contributed by atoms with Gasteiger partial charge in [-0.1, -0.05) is 61.7 Å². The van der Waals surface area contributed by atoms with Crippen molar-refractivity contribution in [3.63, 3.8) is 0 Å². The van der Waals surface area contributed by atoms with Crippen LogP contribution in [0.4, 0.5) is 5.69 Å². The molecule has 6 rings (SSSR count). The molecule has 1 saturated carbocycles. The lowest BCUT2D eigenvalue weighted by molar-refractivity contribution is -0.142. The number of hydrogen-bond acceptors (Lipinski definition) is 5. The first kappa shape index (κ1) is 26.8. The number of carbonyl (C=O) groups excluding carboxylic acids is 3. The van der Waals surface area contributed by atoms with Gasteiger partial charge in [-0.15, -0.1) is 0 Å². The average Bonchev–Trinajstić information content (AvgIpc) is 3.59. The molecule has 3 amide bonds. The summed E-state index contributed by atoms with van der Waals surface area (Å²) in [6.45, 7) is 2.37. The second-order valence-electron chi connectivity index (χ2n) is 11.4. The Balaban J connectivity index is 1.32. The first-order chi connectivity index (χ1) is 19.3. The lowest BCUT2D eigenvalue weighted by Gasteiger charge is -2.36. The molecule has 210 valence electrons. The maximum absolute atomic E-state index is 14.2. The van der Waals surface area contributed by atoms with Gasteiger partial charge >= 0.3 is 0 Å². The highest BCUT2D eigenvalue weighted by molar-refractivity contribution is 6.30. The topological polar surface area (TPSA) is 97.0 Å². The van der Waals surface area contributed by atoms with E-state index in [4.69, 9.17) is 21.1 Å². The largest absolute Gasteiger partial charge is 0.497 e. The van der Waals surface area contributed by atoms with Crippen LogP contribution in [0, 0.1) is 17.8 Å². The van der Waals surface area contributed by atoms with E-state index >= 15 is 0 Å². The fraction of sp³-hybridized carbons (Fsp3) is 0.452. The van der Waals surface area contributed by atoms with Crippen LogP contribution in [0.5, 0.6) is 5.75 Å². The van der Waals surface area contributed by atoms with Crippen LogP contribution < -0.4 is 15.4 Å². The third kappa shape index (κ3) is 4.57. The fourth-order valence-electron chi connectivity index (χ4n) is 6.94. The van der Waals surface area contributed by atoms with E-state index in [0.717, 1.165) is 31.2 Å². The van der Waals surface area contributed by atoms with E-state index in [9.17, 15) is 14.4 Å². The van der Waals surface area contributed by atoms with Crippen LogP contribution in [-0.4, -0.2) is 53.5 Å². The lowest BCUT2D eigenvalue weighted by Crippen LogP contribution is -2.57.